The first-order chi connectivity index (χ1) is 9.99. The SMILES string of the molecule is COc1ccc(C(=O)O)c(NC(=O)NC(C)CC2CC2)c1. The number of carboxylic acid groups (broad SMARTS) is 1. The number of ether oxygens (including phenoxy) is 1. The van der Waals surface area contributed by atoms with E-state index in [1.54, 1.807) is 6.07 Å². The van der Waals surface area contributed by atoms with Crippen LogP contribution in [-0.2, 0) is 0 Å². The Kier molecular flexibility index (Phi) is 4.67. The quantitative estimate of drug-likeness (QED) is 0.752. The summed E-state index contributed by atoms with van der Waals surface area (Å²) < 4.78 is 5.05. The van der Waals surface area contributed by atoms with Gasteiger partial charge in [-0.15, -0.1) is 0 Å². The van der Waals surface area contributed by atoms with Gasteiger partial charge in [-0.3, -0.25) is 0 Å². The van der Waals surface area contributed by atoms with E-state index in [4.69, 9.17) is 9.84 Å². The summed E-state index contributed by atoms with van der Waals surface area (Å²) in [7, 11) is 1.48. The van der Waals surface area contributed by atoms with Gasteiger partial charge in [0.2, 0.25) is 0 Å². The Balaban J connectivity index is 2.02. The number of carbonyl (C=O) groups is 2. The van der Waals surface area contributed by atoms with Crippen molar-refractivity contribution in [2.24, 2.45) is 5.92 Å². The van der Waals surface area contributed by atoms with Gasteiger partial charge >= 0.3 is 12.0 Å². The first-order valence-electron chi connectivity index (χ1n) is 6.98. The third-order valence-electron chi connectivity index (χ3n) is 3.47. The highest BCUT2D eigenvalue weighted by molar-refractivity contribution is 6.00. The number of carbonyl (C=O) groups excluding carboxylic acids is 1. The lowest BCUT2D eigenvalue weighted by Crippen LogP contribution is -2.36. The van der Waals surface area contributed by atoms with Crippen LogP contribution < -0.4 is 15.4 Å². The van der Waals surface area contributed by atoms with Crippen LogP contribution in [-0.4, -0.2) is 30.3 Å². The van der Waals surface area contributed by atoms with E-state index >= 15 is 0 Å². The molecule has 0 radical (unpaired) electrons. The van der Waals surface area contributed by atoms with Crippen LogP contribution in [0.3, 0.4) is 0 Å². The summed E-state index contributed by atoms with van der Waals surface area (Å²) in [5, 5.41) is 14.5. The molecule has 0 bridgehead atoms. The fourth-order valence-corrected chi connectivity index (χ4v) is 2.23. The number of hydrogen-bond donors (Lipinski definition) is 3. The molecule has 0 aliphatic heterocycles. The molecule has 1 aliphatic rings. The molecule has 2 amide bonds. The fourth-order valence-electron chi connectivity index (χ4n) is 2.23. The summed E-state index contributed by atoms with van der Waals surface area (Å²) in [6.45, 7) is 1.95. The number of methoxy groups -OCH3 is 1. The van der Waals surface area contributed by atoms with Gasteiger partial charge in [0, 0.05) is 12.1 Å². The molecule has 1 atom stereocenters. The van der Waals surface area contributed by atoms with Gasteiger partial charge in [-0.1, -0.05) is 12.8 Å². The summed E-state index contributed by atoms with van der Waals surface area (Å²) in [6, 6.07) is 4.11. The number of carboxylic acids is 1. The Hall–Kier alpha value is -2.24. The van der Waals surface area contributed by atoms with E-state index in [0.29, 0.717) is 11.7 Å². The van der Waals surface area contributed by atoms with Crippen molar-refractivity contribution in [1.29, 1.82) is 0 Å². The van der Waals surface area contributed by atoms with Gasteiger partial charge in [0.25, 0.3) is 0 Å². The van der Waals surface area contributed by atoms with Crippen LogP contribution in [0.1, 0.15) is 36.5 Å². The number of hydrogen-bond acceptors (Lipinski definition) is 3. The van der Waals surface area contributed by atoms with Crippen molar-refractivity contribution in [2.75, 3.05) is 12.4 Å². The molecule has 6 heteroatoms. The van der Waals surface area contributed by atoms with Gasteiger partial charge < -0.3 is 20.5 Å². The molecule has 21 heavy (non-hydrogen) atoms. The van der Waals surface area contributed by atoms with Gasteiger partial charge in [0.1, 0.15) is 5.75 Å². The highest BCUT2D eigenvalue weighted by atomic mass is 16.5. The Labute approximate surface area is 123 Å². The molecule has 1 aromatic rings. The summed E-state index contributed by atoms with van der Waals surface area (Å²) >= 11 is 0. The number of benzene rings is 1. The normalized spacial score (nSPS) is 15.1. The topological polar surface area (TPSA) is 87.7 Å². The molecule has 1 fully saturated rings. The van der Waals surface area contributed by atoms with E-state index in [2.05, 4.69) is 10.6 Å². The van der Waals surface area contributed by atoms with Gasteiger partial charge in [0.15, 0.2) is 0 Å². The second kappa shape index (κ2) is 6.47. The molecule has 2 rings (SSSR count). The Morgan fingerprint density at radius 2 is 2.14 bits per heavy atom. The average molecular weight is 292 g/mol. The predicted molar refractivity (Wildman–Crippen MR) is 78.9 cm³/mol. The molecule has 1 aromatic carbocycles. The van der Waals surface area contributed by atoms with Gasteiger partial charge in [-0.05, 0) is 31.4 Å². The fraction of sp³-hybridized carbons (Fsp3) is 0.467. The molecular formula is C15H20N2O4. The van der Waals surface area contributed by atoms with Crippen molar-refractivity contribution in [3.05, 3.63) is 23.8 Å². The monoisotopic (exact) mass is 292 g/mol. The molecule has 6 nitrogen and oxygen atoms in total. The van der Waals surface area contributed by atoms with E-state index < -0.39 is 12.0 Å². The molecule has 0 spiro atoms. The van der Waals surface area contributed by atoms with Gasteiger partial charge in [-0.2, -0.15) is 0 Å². The van der Waals surface area contributed by atoms with Crippen molar-refractivity contribution in [3.63, 3.8) is 0 Å². The van der Waals surface area contributed by atoms with E-state index in [9.17, 15) is 9.59 Å². The van der Waals surface area contributed by atoms with Crippen LogP contribution in [0.5, 0.6) is 5.75 Å². The van der Waals surface area contributed by atoms with E-state index in [-0.39, 0.29) is 17.3 Å². The van der Waals surface area contributed by atoms with Crippen LogP contribution in [0.15, 0.2) is 18.2 Å². The Bertz CT molecular complexity index is 540. The van der Waals surface area contributed by atoms with Crippen molar-refractivity contribution >= 4 is 17.7 Å². The van der Waals surface area contributed by atoms with Crippen LogP contribution in [0, 0.1) is 5.92 Å². The van der Waals surface area contributed by atoms with Crippen LogP contribution in [0.4, 0.5) is 10.5 Å². The average Bonchev–Trinajstić information content (AvgIpc) is 3.21. The molecule has 0 aromatic heterocycles. The molecule has 114 valence electrons. The Morgan fingerprint density at radius 1 is 1.43 bits per heavy atom. The van der Waals surface area contributed by atoms with Gasteiger partial charge in [0.05, 0.1) is 18.4 Å². The second-order valence-electron chi connectivity index (χ2n) is 5.40. The lowest BCUT2D eigenvalue weighted by Gasteiger charge is -2.15. The largest absolute Gasteiger partial charge is 0.497 e. The minimum atomic E-state index is -1.10. The lowest BCUT2D eigenvalue weighted by molar-refractivity contribution is 0.0698. The molecule has 3 N–H and O–H groups in total. The predicted octanol–water partition coefficient (Wildman–Crippen LogP) is 2.70. The maximum absolute atomic E-state index is 11.9. The number of amides is 2. The first kappa shape index (κ1) is 15.2. The molecule has 1 saturated carbocycles. The van der Waals surface area contributed by atoms with Gasteiger partial charge in [-0.25, -0.2) is 9.59 Å². The summed E-state index contributed by atoms with van der Waals surface area (Å²) in [4.78, 5) is 23.1. The van der Waals surface area contributed by atoms with Crippen molar-refractivity contribution < 1.29 is 19.4 Å². The van der Waals surface area contributed by atoms with Crippen LogP contribution in [0.25, 0.3) is 0 Å². The summed E-state index contributed by atoms with van der Waals surface area (Å²) in [5.74, 6) is 0.104. The van der Waals surface area contributed by atoms with E-state index in [1.807, 2.05) is 6.92 Å². The highest BCUT2D eigenvalue weighted by Gasteiger charge is 2.24. The first-order valence-corrected chi connectivity index (χ1v) is 6.98. The van der Waals surface area contributed by atoms with Crippen molar-refractivity contribution in [1.82, 2.24) is 5.32 Å². The maximum Gasteiger partial charge on any atom is 0.337 e. The van der Waals surface area contributed by atoms with E-state index in [0.717, 1.165) is 6.42 Å². The highest BCUT2D eigenvalue weighted by Crippen LogP contribution is 2.33. The van der Waals surface area contributed by atoms with Crippen LogP contribution >= 0.6 is 0 Å². The van der Waals surface area contributed by atoms with Crippen molar-refractivity contribution in [3.8, 4) is 5.75 Å². The zero-order valence-electron chi connectivity index (χ0n) is 12.2. The smallest absolute Gasteiger partial charge is 0.337 e. The molecule has 0 heterocycles. The second-order valence-corrected chi connectivity index (χ2v) is 5.40. The number of aromatic carboxylic acids is 1. The lowest BCUT2D eigenvalue weighted by atomic mass is 10.1. The Morgan fingerprint density at radius 3 is 2.71 bits per heavy atom. The number of rotatable bonds is 6. The van der Waals surface area contributed by atoms with Crippen molar-refractivity contribution in [2.45, 2.75) is 32.2 Å². The third kappa shape index (κ3) is 4.37. The number of urea groups is 1. The number of nitrogens with one attached hydrogen (secondary N) is 2. The minimum absolute atomic E-state index is 0.0285. The standard InChI is InChI=1S/C15H20N2O4/c1-9(7-10-3-4-10)16-15(20)17-13-8-11(21-2)5-6-12(13)14(18)19/h5-6,8-10H,3-4,7H2,1-2H3,(H,18,19)(H2,16,17,20). The molecule has 1 unspecified atom stereocenters. The summed E-state index contributed by atoms with van der Waals surface area (Å²) in [5.41, 5.74) is 0.249. The maximum atomic E-state index is 11.9. The minimum Gasteiger partial charge on any atom is -0.497 e. The third-order valence-corrected chi connectivity index (χ3v) is 3.47. The molecule has 1 aliphatic carbocycles. The zero-order chi connectivity index (χ0) is 15.4. The molecular weight excluding hydrogens is 272 g/mol. The zero-order valence-corrected chi connectivity index (χ0v) is 12.2. The number of anilines is 1. The van der Waals surface area contributed by atoms with Crippen LogP contribution in [0.2, 0.25) is 0 Å². The summed E-state index contributed by atoms with van der Waals surface area (Å²) in [6.07, 6.45) is 3.41. The molecule has 0 saturated heterocycles. The van der Waals surface area contributed by atoms with E-state index in [1.165, 1.54) is 32.1 Å².